The summed E-state index contributed by atoms with van der Waals surface area (Å²) in [5.41, 5.74) is 0.195. The van der Waals surface area contributed by atoms with E-state index in [9.17, 15) is 17.6 Å². The molecule has 2 aromatic rings. The molecule has 0 saturated carbocycles. The highest BCUT2D eigenvalue weighted by atomic mass is 32.2. The van der Waals surface area contributed by atoms with Gasteiger partial charge in [0.05, 0.1) is 18.6 Å². The lowest BCUT2D eigenvalue weighted by molar-refractivity contribution is 0.386. The Morgan fingerprint density at radius 1 is 1.07 bits per heavy atom. The van der Waals surface area contributed by atoms with Crippen LogP contribution in [0.3, 0.4) is 0 Å². The van der Waals surface area contributed by atoms with Gasteiger partial charge in [-0.25, -0.2) is 12.8 Å². The van der Waals surface area contributed by atoms with Gasteiger partial charge in [0.2, 0.25) is 10.0 Å². The molecule has 0 radical (unpaired) electrons. The normalized spacial score (nSPS) is 16.1. The first-order chi connectivity index (χ1) is 12.9. The summed E-state index contributed by atoms with van der Waals surface area (Å²) in [6.45, 7) is 1.05. The molecule has 0 atom stereocenters. The number of ether oxygens (including phenoxy) is 1. The molecule has 1 aromatic heterocycles. The molecule has 1 saturated heterocycles. The van der Waals surface area contributed by atoms with Crippen molar-refractivity contribution in [1.29, 1.82) is 0 Å². The standard InChI is InChI=1S/C19H23FN2O4S/c1-26-18-8-6-15(12-17(18)20)13-21-14-16(7-9-19(21)23)27(24,25)22-10-4-2-3-5-11-22/h6-9,12,14H,2-5,10-11,13H2,1H3. The Balaban J connectivity index is 1.90. The van der Waals surface area contributed by atoms with E-state index in [-0.39, 0.29) is 22.7 Å². The molecule has 2 heterocycles. The number of halogens is 1. The van der Waals surface area contributed by atoms with E-state index in [2.05, 4.69) is 0 Å². The molecule has 1 aliphatic rings. The van der Waals surface area contributed by atoms with Crippen molar-refractivity contribution in [2.75, 3.05) is 20.2 Å². The van der Waals surface area contributed by atoms with Crippen molar-refractivity contribution in [3.05, 3.63) is 58.3 Å². The predicted molar refractivity (Wildman–Crippen MR) is 100.0 cm³/mol. The third-order valence-electron chi connectivity index (χ3n) is 4.73. The summed E-state index contributed by atoms with van der Waals surface area (Å²) in [7, 11) is -2.28. The number of pyridine rings is 1. The Labute approximate surface area is 158 Å². The molecule has 0 aliphatic carbocycles. The fourth-order valence-electron chi connectivity index (χ4n) is 3.22. The van der Waals surface area contributed by atoms with Crippen LogP contribution < -0.4 is 10.3 Å². The first-order valence-corrected chi connectivity index (χ1v) is 10.4. The van der Waals surface area contributed by atoms with Crippen LogP contribution >= 0.6 is 0 Å². The molecule has 0 bridgehead atoms. The van der Waals surface area contributed by atoms with E-state index in [0.717, 1.165) is 25.7 Å². The number of methoxy groups -OCH3 is 1. The lowest BCUT2D eigenvalue weighted by atomic mass is 10.2. The Kier molecular flexibility index (Phi) is 5.96. The zero-order chi connectivity index (χ0) is 19.4. The number of rotatable bonds is 5. The van der Waals surface area contributed by atoms with Crippen molar-refractivity contribution < 1.29 is 17.5 Å². The van der Waals surface area contributed by atoms with E-state index in [1.54, 1.807) is 6.07 Å². The molecular weight excluding hydrogens is 371 g/mol. The average Bonchev–Trinajstić information content (AvgIpc) is 2.93. The van der Waals surface area contributed by atoms with E-state index in [1.165, 1.54) is 46.4 Å². The molecular formula is C19H23FN2O4S. The van der Waals surface area contributed by atoms with Gasteiger partial charge in [-0.1, -0.05) is 18.9 Å². The van der Waals surface area contributed by atoms with Crippen LogP contribution in [0.5, 0.6) is 5.75 Å². The fourth-order valence-corrected chi connectivity index (χ4v) is 4.76. The van der Waals surface area contributed by atoms with E-state index in [4.69, 9.17) is 4.74 Å². The van der Waals surface area contributed by atoms with Crippen molar-refractivity contribution in [3.63, 3.8) is 0 Å². The topological polar surface area (TPSA) is 68.6 Å². The summed E-state index contributed by atoms with van der Waals surface area (Å²) in [4.78, 5) is 12.3. The number of nitrogens with zero attached hydrogens (tertiary/aromatic N) is 2. The summed E-state index contributed by atoms with van der Waals surface area (Å²) < 4.78 is 47.4. The molecule has 27 heavy (non-hydrogen) atoms. The van der Waals surface area contributed by atoms with Gasteiger partial charge in [-0.2, -0.15) is 4.31 Å². The van der Waals surface area contributed by atoms with Crippen molar-refractivity contribution in [3.8, 4) is 5.75 Å². The lowest BCUT2D eigenvalue weighted by Gasteiger charge is -2.20. The minimum Gasteiger partial charge on any atom is -0.494 e. The van der Waals surface area contributed by atoms with Gasteiger partial charge in [0.25, 0.3) is 5.56 Å². The maximum Gasteiger partial charge on any atom is 0.250 e. The molecule has 6 nitrogen and oxygen atoms in total. The van der Waals surface area contributed by atoms with Gasteiger partial charge in [-0.15, -0.1) is 0 Å². The smallest absolute Gasteiger partial charge is 0.250 e. The first-order valence-electron chi connectivity index (χ1n) is 8.95. The highest BCUT2D eigenvalue weighted by molar-refractivity contribution is 7.89. The Morgan fingerprint density at radius 2 is 1.78 bits per heavy atom. The van der Waals surface area contributed by atoms with Crippen LogP contribution in [-0.2, 0) is 16.6 Å². The van der Waals surface area contributed by atoms with Crippen LogP contribution in [0.1, 0.15) is 31.2 Å². The molecule has 0 amide bonds. The van der Waals surface area contributed by atoms with Crippen LogP contribution in [0, 0.1) is 5.82 Å². The molecule has 0 N–H and O–H groups in total. The third kappa shape index (κ3) is 4.39. The van der Waals surface area contributed by atoms with Crippen LogP contribution in [0.2, 0.25) is 0 Å². The van der Waals surface area contributed by atoms with Crippen LogP contribution in [0.15, 0.2) is 46.2 Å². The number of sulfonamides is 1. The molecule has 1 aliphatic heterocycles. The molecule has 8 heteroatoms. The van der Waals surface area contributed by atoms with E-state index >= 15 is 0 Å². The van der Waals surface area contributed by atoms with Crippen LogP contribution in [-0.4, -0.2) is 37.5 Å². The average molecular weight is 394 g/mol. The number of aromatic nitrogens is 1. The SMILES string of the molecule is COc1ccc(Cn2cc(S(=O)(=O)N3CCCCCC3)ccc2=O)cc1F. The summed E-state index contributed by atoms with van der Waals surface area (Å²) >= 11 is 0. The van der Waals surface area contributed by atoms with Crippen LogP contribution in [0.4, 0.5) is 4.39 Å². The third-order valence-corrected chi connectivity index (χ3v) is 6.61. The largest absolute Gasteiger partial charge is 0.494 e. The van der Waals surface area contributed by atoms with Crippen molar-refractivity contribution in [2.24, 2.45) is 0 Å². The van der Waals surface area contributed by atoms with Crippen molar-refractivity contribution in [1.82, 2.24) is 8.87 Å². The van der Waals surface area contributed by atoms with Crippen LogP contribution in [0.25, 0.3) is 0 Å². The second-order valence-electron chi connectivity index (χ2n) is 6.62. The van der Waals surface area contributed by atoms with E-state index < -0.39 is 15.8 Å². The van der Waals surface area contributed by atoms with Gasteiger partial charge in [-0.3, -0.25) is 4.79 Å². The van der Waals surface area contributed by atoms with E-state index in [0.29, 0.717) is 18.7 Å². The van der Waals surface area contributed by atoms with Crippen molar-refractivity contribution >= 4 is 10.0 Å². The summed E-state index contributed by atoms with van der Waals surface area (Å²) in [6, 6.07) is 6.98. The minimum absolute atomic E-state index is 0.0725. The maximum atomic E-state index is 13.9. The lowest BCUT2D eigenvalue weighted by Crippen LogP contribution is -2.33. The molecule has 0 unspecified atom stereocenters. The minimum atomic E-state index is -3.66. The molecule has 0 spiro atoms. The quantitative estimate of drug-likeness (QED) is 0.782. The molecule has 1 aromatic carbocycles. The zero-order valence-electron chi connectivity index (χ0n) is 15.2. The second-order valence-corrected chi connectivity index (χ2v) is 8.56. The van der Waals surface area contributed by atoms with Gasteiger partial charge >= 0.3 is 0 Å². The summed E-state index contributed by atoms with van der Waals surface area (Å²) in [6.07, 6.45) is 5.06. The highest BCUT2D eigenvalue weighted by Crippen LogP contribution is 2.21. The number of hydrogen-bond donors (Lipinski definition) is 0. The predicted octanol–water partition coefficient (Wildman–Crippen LogP) is 2.61. The van der Waals surface area contributed by atoms with Gasteiger partial charge in [0.15, 0.2) is 11.6 Å². The maximum absolute atomic E-state index is 13.9. The zero-order valence-corrected chi connectivity index (χ0v) is 16.0. The highest BCUT2D eigenvalue weighted by Gasteiger charge is 2.25. The Hall–Kier alpha value is -2.19. The van der Waals surface area contributed by atoms with Crippen molar-refractivity contribution in [2.45, 2.75) is 37.1 Å². The number of hydrogen-bond acceptors (Lipinski definition) is 4. The van der Waals surface area contributed by atoms with Gasteiger partial charge in [0, 0.05) is 25.4 Å². The Morgan fingerprint density at radius 3 is 2.41 bits per heavy atom. The summed E-state index contributed by atoms with van der Waals surface area (Å²) in [5.74, 6) is -0.417. The molecule has 3 rings (SSSR count). The van der Waals surface area contributed by atoms with Gasteiger partial charge < -0.3 is 9.30 Å². The Bertz CT molecular complexity index is 964. The molecule has 146 valence electrons. The van der Waals surface area contributed by atoms with E-state index in [1.807, 2.05) is 0 Å². The monoisotopic (exact) mass is 394 g/mol. The second kappa shape index (κ2) is 8.22. The van der Waals surface area contributed by atoms with Gasteiger partial charge in [-0.05, 0) is 36.6 Å². The summed E-state index contributed by atoms with van der Waals surface area (Å²) in [5, 5.41) is 0. The fraction of sp³-hybridized carbons (Fsp3) is 0.421. The van der Waals surface area contributed by atoms with Gasteiger partial charge in [0.1, 0.15) is 0 Å². The number of benzene rings is 1. The first kappa shape index (κ1) is 19.6. The molecule has 1 fully saturated rings.